The second-order valence-electron chi connectivity index (χ2n) is 7.13. The summed E-state index contributed by atoms with van der Waals surface area (Å²) in [5.74, 6) is 2.10. The van der Waals surface area contributed by atoms with Crippen LogP contribution >= 0.6 is 0 Å². The molecule has 4 heterocycles. The summed E-state index contributed by atoms with van der Waals surface area (Å²) in [4.78, 5) is 27.3. The number of hydrogen-bond acceptors (Lipinski definition) is 8. The van der Waals surface area contributed by atoms with Gasteiger partial charge >= 0.3 is 0 Å². The van der Waals surface area contributed by atoms with Crippen LogP contribution in [0.3, 0.4) is 0 Å². The molecule has 1 aliphatic rings. The van der Waals surface area contributed by atoms with Crippen molar-refractivity contribution in [3.63, 3.8) is 0 Å². The predicted octanol–water partition coefficient (Wildman–Crippen LogP) is 2.16. The Morgan fingerprint density at radius 1 is 1.25 bits per heavy atom. The van der Waals surface area contributed by atoms with Gasteiger partial charge in [-0.25, -0.2) is 4.98 Å². The maximum absolute atomic E-state index is 12.7. The molecule has 3 aromatic rings. The average molecular weight is 382 g/mol. The van der Waals surface area contributed by atoms with Crippen LogP contribution < -0.4 is 0 Å². The fourth-order valence-corrected chi connectivity index (χ4v) is 3.58. The average Bonchev–Trinajstić information content (AvgIpc) is 3.31. The van der Waals surface area contributed by atoms with Gasteiger partial charge in [-0.05, 0) is 32.6 Å². The number of carbonyl (C=O) groups is 1. The third kappa shape index (κ3) is 3.92. The zero-order valence-corrected chi connectivity index (χ0v) is 16.0. The van der Waals surface area contributed by atoms with E-state index < -0.39 is 0 Å². The van der Waals surface area contributed by atoms with E-state index >= 15 is 0 Å². The van der Waals surface area contributed by atoms with Crippen molar-refractivity contribution in [3.8, 4) is 11.5 Å². The Kier molecular flexibility index (Phi) is 5.14. The number of nitrogens with zero attached hydrogens (tertiary/aromatic N) is 6. The molecule has 3 aromatic heterocycles. The van der Waals surface area contributed by atoms with Gasteiger partial charge in [0.2, 0.25) is 17.6 Å². The van der Waals surface area contributed by atoms with E-state index in [0.717, 1.165) is 30.6 Å². The molecule has 0 saturated carbocycles. The molecule has 0 aromatic carbocycles. The summed E-state index contributed by atoms with van der Waals surface area (Å²) >= 11 is 0. The molecule has 1 atom stereocenters. The number of likely N-dealkylation sites (tertiary alicyclic amines) is 1. The minimum absolute atomic E-state index is 0.102. The summed E-state index contributed by atoms with van der Waals surface area (Å²) in [5, 5.41) is 7.92. The summed E-state index contributed by atoms with van der Waals surface area (Å²) in [6.07, 6.45) is 7.74. The van der Waals surface area contributed by atoms with Gasteiger partial charge in [-0.3, -0.25) is 9.78 Å². The molecular weight excluding hydrogens is 360 g/mol. The molecule has 146 valence electrons. The summed E-state index contributed by atoms with van der Waals surface area (Å²) in [5.41, 5.74) is 2.25. The molecule has 0 radical (unpaired) electrons. The van der Waals surface area contributed by atoms with Crippen molar-refractivity contribution < 1.29 is 13.8 Å². The number of carbonyl (C=O) groups excluding carboxylic acids is 1. The van der Waals surface area contributed by atoms with Crippen LogP contribution in [-0.2, 0) is 17.6 Å². The van der Waals surface area contributed by atoms with E-state index in [1.807, 2.05) is 18.7 Å². The highest BCUT2D eigenvalue weighted by Gasteiger charge is 2.27. The predicted molar refractivity (Wildman–Crippen MR) is 98.0 cm³/mol. The Balaban J connectivity index is 1.38. The van der Waals surface area contributed by atoms with E-state index in [4.69, 9.17) is 9.05 Å². The highest BCUT2D eigenvalue weighted by molar-refractivity contribution is 5.79. The molecule has 1 amide bonds. The fraction of sp³-hybridized carbons (Fsp3) is 0.474. The lowest BCUT2D eigenvalue weighted by Crippen LogP contribution is -2.41. The number of rotatable bonds is 5. The maximum atomic E-state index is 12.7. The van der Waals surface area contributed by atoms with Gasteiger partial charge in [0.05, 0.1) is 18.3 Å². The normalized spacial score (nSPS) is 17.1. The Morgan fingerprint density at radius 3 is 2.89 bits per heavy atom. The third-order valence-electron chi connectivity index (χ3n) is 5.10. The Morgan fingerprint density at radius 2 is 2.14 bits per heavy atom. The first-order valence-corrected chi connectivity index (χ1v) is 9.38. The van der Waals surface area contributed by atoms with Gasteiger partial charge < -0.3 is 13.9 Å². The number of piperidine rings is 1. The van der Waals surface area contributed by atoms with Crippen LogP contribution in [0, 0.1) is 19.8 Å². The van der Waals surface area contributed by atoms with Crippen molar-refractivity contribution >= 4 is 5.91 Å². The van der Waals surface area contributed by atoms with E-state index in [0.29, 0.717) is 42.6 Å². The monoisotopic (exact) mass is 382 g/mol. The van der Waals surface area contributed by atoms with Crippen molar-refractivity contribution in [1.82, 2.24) is 30.2 Å². The van der Waals surface area contributed by atoms with Gasteiger partial charge in [0, 0.05) is 37.5 Å². The maximum Gasteiger partial charge on any atom is 0.227 e. The highest BCUT2D eigenvalue weighted by atomic mass is 16.5. The van der Waals surface area contributed by atoms with Crippen LogP contribution in [0.1, 0.15) is 35.7 Å². The quantitative estimate of drug-likeness (QED) is 0.660. The van der Waals surface area contributed by atoms with Gasteiger partial charge in [-0.2, -0.15) is 4.98 Å². The number of aromatic nitrogens is 5. The first-order valence-electron chi connectivity index (χ1n) is 9.38. The van der Waals surface area contributed by atoms with Gasteiger partial charge in [0.25, 0.3) is 0 Å². The molecule has 9 heteroatoms. The molecular formula is C19H22N6O3. The minimum atomic E-state index is 0.102. The van der Waals surface area contributed by atoms with Crippen LogP contribution in [0.4, 0.5) is 0 Å². The van der Waals surface area contributed by atoms with Crippen molar-refractivity contribution in [2.75, 3.05) is 13.1 Å². The van der Waals surface area contributed by atoms with Crippen LogP contribution in [0.25, 0.3) is 11.5 Å². The van der Waals surface area contributed by atoms with Gasteiger partial charge in [-0.15, -0.1) is 0 Å². The zero-order valence-electron chi connectivity index (χ0n) is 16.0. The standard InChI is InChI=1S/C19H22N6O3/c1-12-15(13(2)27-23-12)9-18(26)25-7-3-4-14(11-25)8-17-22-19(24-28-17)16-10-20-5-6-21-16/h5-6,10,14H,3-4,7-9,11H2,1-2H3. The molecule has 1 fully saturated rings. The van der Waals surface area contributed by atoms with E-state index in [2.05, 4.69) is 25.3 Å². The van der Waals surface area contributed by atoms with Crippen molar-refractivity contribution in [3.05, 3.63) is 41.5 Å². The molecule has 0 N–H and O–H groups in total. The van der Waals surface area contributed by atoms with E-state index in [1.165, 1.54) is 0 Å². The minimum Gasteiger partial charge on any atom is -0.361 e. The van der Waals surface area contributed by atoms with Crippen LogP contribution in [0.15, 0.2) is 27.6 Å². The first kappa shape index (κ1) is 18.3. The van der Waals surface area contributed by atoms with Gasteiger partial charge in [0.1, 0.15) is 11.5 Å². The van der Waals surface area contributed by atoms with Gasteiger partial charge in [0.15, 0.2) is 0 Å². The molecule has 4 rings (SSSR count). The van der Waals surface area contributed by atoms with Crippen molar-refractivity contribution in [2.24, 2.45) is 5.92 Å². The molecule has 1 saturated heterocycles. The summed E-state index contributed by atoms with van der Waals surface area (Å²) in [7, 11) is 0. The molecule has 9 nitrogen and oxygen atoms in total. The Labute approximate surface area is 162 Å². The summed E-state index contributed by atoms with van der Waals surface area (Å²) in [6.45, 7) is 5.16. The molecule has 1 unspecified atom stereocenters. The molecule has 0 aliphatic carbocycles. The third-order valence-corrected chi connectivity index (χ3v) is 5.10. The van der Waals surface area contributed by atoms with Gasteiger partial charge in [-0.1, -0.05) is 10.3 Å². The highest BCUT2D eigenvalue weighted by Crippen LogP contribution is 2.23. The number of hydrogen-bond donors (Lipinski definition) is 0. The van der Waals surface area contributed by atoms with Crippen molar-refractivity contribution in [1.29, 1.82) is 0 Å². The Bertz CT molecular complexity index is 932. The van der Waals surface area contributed by atoms with Crippen LogP contribution in [0.5, 0.6) is 0 Å². The molecule has 28 heavy (non-hydrogen) atoms. The zero-order chi connectivity index (χ0) is 19.5. The second kappa shape index (κ2) is 7.87. The lowest BCUT2D eigenvalue weighted by atomic mass is 9.94. The molecule has 1 aliphatic heterocycles. The number of aryl methyl sites for hydroxylation is 2. The van der Waals surface area contributed by atoms with Crippen LogP contribution in [-0.4, -0.2) is 49.2 Å². The largest absolute Gasteiger partial charge is 0.361 e. The number of amides is 1. The lowest BCUT2D eigenvalue weighted by Gasteiger charge is -2.32. The summed E-state index contributed by atoms with van der Waals surface area (Å²) < 4.78 is 10.5. The second-order valence-corrected chi connectivity index (χ2v) is 7.13. The first-order chi connectivity index (χ1) is 13.6. The van der Waals surface area contributed by atoms with E-state index in [9.17, 15) is 4.79 Å². The topological polar surface area (TPSA) is 111 Å². The molecule has 0 bridgehead atoms. The fourth-order valence-electron chi connectivity index (χ4n) is 3.58. The van der Waals surface area contributed by atoms with E-state index in [-0.39, 0.29) is 11.8 Å². The Hall–Kier alpha value is -3.10. The van der Waals surface area contributed by atoms with E-state index in [1.54, 1.807) is 18.6 Å². The smallest absolute Gasteiger partial charge is 0.227 e. The van der Waals surface area contributed by atoms with Crippen LogP contribution in [0.2, 0.25) is 0 Å². The summed E-state index contributed by atoms with van der Waals surface area (Å²) in [6, 6.07) is 0. The SMILES string of the molecule is Cc1noc(C)c1CC(=O)N1CCCC(Cc2nc(-c3cnccn3)no2)C1. The van der Waals surface area contributed by atoms with Crippen molar-refractivity contribution in [2.45, 2.75) is 39.5 Å². The lowest BCUT2D eigenvalue weighted by molar-refractivity contribution is -0.132. The molecule has 0 spiro atoms.